The molecule has 0 saturated carbocycles. The van der Waals surface area contributed by atoms with Crippen LogP contribution in [0.15, 0.2) is 0 Å². The smallest absolute Gasteiger partial charge is 0.249 e. The molecule has 11 heavy (non-hydrogen) atoms. The first-order chi connectivity index (χ1) is 5.00. The molecule has 0 aromatic carbocycles. The molecule has 0 radical (unpaired) electrons. The lowest BCUT2D eigenvalue weighted by molar-refractivity contribution is -0.144. The van der Waals surface area contributed by atoms with E-state index in [-0.39, 0.29) is 0 Å². The Morgan fingerprint density at radius 2 is 1.82 bits per heavy atom. The van der Waals surface area contributed by atoms with Gasteiger partial charge in [0.05, 0.1) is 0 Å². The average Bonchev–Trinajstić information content (AvgIpc) is 1.88. The van der Waals surface area contributed by atoms with E-state index in [0.717, 1.165) is 7.11 Å². The number of aliphatic hydroxyl groups is 1. The summed E-state index contributed by atoms with van der Waals surface area (Å²) < 4.78 is 4.41. The Hall–Kier alpha value is -1.14. The quantitative estimate of drug-likeness (QED) is 0.418. The predicted octanol–water partition coefficient (Wildman–Crippen LogP) is -2.67. The average molecular weight is 162 g/mol. The lowest BCUT2D eigenvalue weighted by Gasteiger charge is -2.14. The Kier molecular flexibility index (Phi) is 3.49. The molecule has 0 aromatic rings. The third-order valence-corrected chi connectivity index (χ3v) is 1.11. The normalized spacial score (nSPS) is 15.5. The van der Waals surface area contributed by atoms with Crippen LogP contribution in [-0.2, 0) is 14.3 Å². The summed E-state index contributed by atoms with van der Waals surface area (Å²) in [4.78, 5) is 20.7. The van der Waals surface area contributed by atoms with Gasteiger partial charge < -0.3 is 21.3 Å². The van der Waals surface area contributed by atoms with Crippen molar-refractivity contribution in [3.63, 3.8) is 0 Å². The van der Waals surface area contributed by atoms with Crippen LogP contribution in [0.1, 0.15) is 0 Å². The van der Waals surface area contributed by atoms with Crippen molar-refractivity contribution in [1.29, 1.82) is 0 Å². The molecule has 0 aliphatic heterocycles. The van der Waals surface area contributed by atoms with E-state index in [1.807, 2.05) is 0 Å². The van der Waals surface area contributed by atoms with Gasteiger partial charge in [0.1, 0.15) is 0 Å². The van der Waals surface area contributed by atoms with Gasteiger partial charge >= 0.3 is 0 Å². The number of rotatable bonds is 4. The summed E-state index contributed by atoms with van der Waals surface area (Å²) in [6.45, 7) is 0. The minimum absolute atomic E-state index is 0.932. The molecule has 0 bridgehead atoms. The van der Waals surface area contributed by atoms with Gasteiger partial charge in [0.25, 0.3) is 0 Å². The number of ether oxygens (including phenoxy) is 1. The van der Waals surface area contributed by atoms with E-state index in [1.165, 1.54) is 0 Å². The van der Waals surface area contributed by atoms with Crippen molar-refractivity contribution in [2.24, 2.45) is 11.5 Å². The van der Waals surface area contributed by atoms with Crippen molar-refractivity contribution >= 4 is 11.8 Å². The second-order valence-corrected chi connectivity index (χ2v) is 1.91. The van der Waals surface area contributed by atoms with E-state index in [0.29, 0.717) is 0 Å². The van der Waals surface area contributed by atoms with E-state index >= 15 is 0 Å². The standard InChI is InChI=1S/C5H10N2O4/c1-11-3(5(7)10)2(8)4(6)9/h2-3,8H,1H3,(H2,6,9)(H2,7,10)/t2-,3+/m0/s1. The number of carbonyl (C=O) groups is 2. The highest BCUT2D eigenvalue weighted by atomic mass is 16.5. The fourth-order valence-electron chi connectivity index (χ4n) is 0.550. The summed E-state index contributed by atoms with van der Waals surface area (Å²) in [7, 11) is 1.14. The Labute approximate surface area is 63.1 Å². The lowest BCUT2D eigenvalue weighted by Crippen LogP contribution is -2.47. The highest BCUT2D eigenvalue weighted by Crippen LogP contribution is 1.95. The van der Waals surface area contributed by atoms with Gasteiger partial charge in [-0.2, -0.15) is 0 Å². The number of primary amides is 2. The van der Waals surface area contributed by atoms with Crippen molar-refractivity contribution in [1.82, 2.24) is 0 Å². The number of methoxy groups -OCH3 is 1. The third-order valence-electron chi connectivity index (χ3n) is 1.11. The van der Waals surface area contributed by atoms with E-state index in [9.17, 15) is 9.59 Å². The molecule has 0 spiro atoms. The summed E-state index contributed by atoms with van der Waals surface area (Å²) in [5.74, 6) is -1.98. The number of amides is 2. The molecule has 6 nitrogen and oxygen atoms in total. The van der Waals surface area contributed by atoms with Gasteiger partial charge in [-0.15, -0.1) is 0 Å². The monoisotopic (exact) mass is 162 g/mol. The largest absolute Gasteiger partial charge is 0.380 e. The van der Waals surface area contributed by atoms with Crippen molar-refractivity contribution in [3.8, 4) is 0 Å². The highest BCUT2D eigenvalue weighted by molar-refractivity contribution is 5.89. The van der Waals surface area contributed by atoms with E-state index in [2.05, 4.69) is 10.5 Å². The molecular weight excluding hydrogens is 152 g/mol. The molecule has 0 unspecified atom stereocenters. The van der Waals surface area contributed by atoms with Crippen LogP contribution in [0.5, 0.6) is 0 Å². The zero-order valence-electron chi connectivity index (χ0n) is 5.98. The summed E-state index contributed by atoms with van der Waals surface area (Å²) in [5, 5.41) is 8.86. The molecule has 64 valence electrons. The number of hydrogen-bond donors (Lipinski definition) is 3. The maximum Gasteiger partial charge on any atom is 0.249 e. The van der Waals surface area contributed by atoms with Crippen molar-refractivity contribution in [2.45, 2.75) is 12.2 Å². The van der Waals surface area contributed by atoms with Gasteiger partial charge in [-0.1, -0.05) is 0 Å². The predicted molar refractivity (Wildman–Crippen MR) is 35.2 cm³/mol. The first-order valence-electron chi connectivity index (χ1n) is 2.80. The van der Waals surface area contributed by atoms with Crippen molar-refractivity contribution < 1.29 is 19.4 Å². The van der Waals surface area contributed by atoms with Crippen LogP contribution in [0.3, 0.4) is 0 Å². The van der Waals surface area contributed by atoms with Crippen LogP contribution in [0.2, 0.25) is 0 Å². The van der Waals surface area contributed by atoms with Gasteiger partial charge in [-0.05, 0) is 0 Å². The SMILES string of the molecule is CO[C@@H](C(N)=O)[C@H](O)C(N)=O. The van der Waals surface area contributed by atoms with Crippen LogP contribution >= 0.6 is 0 Å². The second-order valence-electron chi connectivity index (χ2n) is 1.91. The number of nitrogens with two attached hydrogens (primary N) is 2. The molecule has 0 aliphatic carbocycles. The molecule has 2 amide bonds. The van der Waals surface area contributed by atoms with Crippen molar-refractivity contribution in [2.75, 3.05) is 7.11 Å². The van der Waals surface area contributed by atoms with Crippen LogP contribution in [0.4, 0.5) is 0 Å². The molecule has 0 saturated heterocycles. The molecule has 2 atom stereocenters. The van der Waals surface area contributed by atoms with Gasteiger partial charge in [0.2, 0.25) is 11.8 Å². The minimum Gasteiger partial charge on any atom is -0.380 e. The van der Waals surface area contributed by atoms with Gasteiger partial charge in [0, 0.05) is 7.11 Å². The molecule has 0 aromatic heterocycles. The fraction of sp³-hybridized carbons (Fsp3) is 0.600. The van der Waals surface area contributed by atoms with E-state index in [1.54, 1.807) is 0 Å². The number of hydrogen-bond acceptors (Lipinski definition) is 4. The molecule has 0 aliphatic rings. The lowest BCUT2D eigenvalue weighted by atomic mass is 10.2. The molecule has 6 heteroatoms. The van der Waals surface area contributed by atoms with E-state index < -0.39 is 24.0 Å². The summed E-state index contributed by atoms with van der Waals surface area (Å²) in [6.07, 6.45) is -3.05. The Morgan fingerprint density at radius 1 is 1.36 bits per heavy atom. The zero-order chi connectivity index (χ0) is 9.02. The summed E-state index contributed by atoms with van der Waals surface area (Å²) >= 11 is 0. The zero-order valence-corrected chi connectivity index (χ0v) is 5.98. The van der Waals surface area contributed by atoms with E-state index in [4.69, 9.17) is 10.8 Å². The maximum absolute atomic E-state index is 10.4. The number of aliphatic hydroxyl groups excluding tert-OH is 1. The third kappa shape index (κ3) is 2.52. The molecule has 0 heterocycles. The van der Waals surface area contributed by atoms with Crippen molar-refractivity contribution in [3.05, 3.63) is 0 Å². The van der Waals surface area contributed by atoms with Crippen LogP contribution in [0, 0.1) is 0 Å². The fourth-order valence-corrected chi connectivity index (χ4v) is 0.550. The second kappa shape index (κ2) is 3.89. The van der Waals surface area contributed by atoms with Gasteiger partial charge in [0.15, 0.2) is 12.2 Å². The van der Waals surface area contributed by atoms with Gasteiger partial charge in [-0.25, -0.2) is 0 Å². The van der Waals surface area contributed by atoms with Crippen LogP contribution in [0.25, 0.3) is 0 Å². The molecule has 5 N–H and O–H groups in total. The Morgan fingerprint density at radius 3 is 1.91 bits per heavy atom. The molecule has 0 fully saturated rings. The Balaban J connectivity index is 4.25. The highest BCUT2D eigenvalue weighted by Gasteiger charge is 2.28. The number of carbonyl (C=O) groups excluding carboxylic acids is 2. The van der Waals surface area contributed by atoms with Crippen LogP contribution < -0.4 is 11.5 Å². The maximum atomic E-state index is 10.4. The molecular formula is C5H10N2O4. The van der Waals surface area contributed by atoms with Crippen LogP contribution in [-0.4, -0.2) is 36.2 Å². The summed E-state index contributed by atoms with van der Waals surface area (Å²) in [6, 6.07) is 0. The first-order valence-corrected chi connectivity index (χ1v) is 2.80. The molecule has 0 rings (SSSR count). The Bertz CT molecular complexity index is 170. The minimum atomic E-state index is -1.68. The van der Waals surface area contributed by atoms with Gasteiger partial charge in [-0.3, -0.25) is 9.59 Å². The topological polar surface area (TPSA) is 116 Å². The summed E-state index contributed by atoms with van der Waals surface area (Å²) in [5.41, 5.74) is 9.43. The first kappa shape index (κ1) is 9.86.